The van der Waals surface area contributed by atoms with Gasteiger partial charge in [0.2, 0.25) is 0 Å². The highest BCUT2D eigenvalue weighted by Crippen LogP contribution is 2.24. The number of benzene rings is 2. The minimum atomic E-state index is 0.00506. The van der Waals surface area contributed by atoms with Crippen LogP contribution >= 0.6 is 22.6 Å². The minimum Gasteiger partial charge on any atom is -0.271 e. The molecule has 106 valence electrons. The molecule has 0 aliphatic rings. The molecule has 1 aromatic heterocycles. The summed E-state index contributed by atoms with van der Waals surface area (Å²) in [5.41, 5.74) is 6.99. The molecular weight excluding hydrogens is 375 g/mol. The summed E-state index contributed by atoms with van der Waals surface area (Å²) in [4.78, 5) is 8.79. The molecule has 0 fully saturated rings. The van der Waals surface area contributed by atoms with Crippen LogP contribution in [0.3, 0.4) is 0 Å². The van der Waals surface area contributed by atoms with Gasteiger partial charge in [-0.2, -0.15) is 0 Å². The zero-order chi connectivity index (χ0) is 14.7. The zero-order valence-electron chi connectivity index (χ0n) is 11.3. The van der Waals surface area contributed by atoms with Crippen LogP contribution in [0.4, 0.5) is 0 Å². The van der Waals surface area contributed by atoms with Gasteiger partial charge in [-0.1, -0.05) is 24.3 Å². The summed E-state index contributed by atoms with van der Waals surface area (Å²) in [6.45, 7) is 0. The Morgan fingerprint density at radius 3 is 2.57 bits per heavy atom. The molecule has 1 atom stereocenters. The van der Waals surface area contributed by atoms with Crippen molar-refractivity contribution in [3.05, 3.63) is 69.6 Å². The van der Waals surface area contributed by atoms with Crippen LogP contribution in [0.5, 0.6) is 0 Å². The third-order valence-electron chi connectivity index (χ3n) is 3.46. The normalized spacial score (nSPS) is 12.5. The third-order valence-corrected chi connectivity index (χ3v) is 4.18. The van der Waals surface area contributed by atoms with E-state index in [0.29, 0.717) is 0 Å². The maximum Gasteiger partial charge on any atom is 0.0935 e. The standard InChI is InChI=1S/C16H15IN4/c17-12-6-4-11(5-7-12)10-15(21-18)13-2-1-3-14-16(13)20-9-8-19-14/h1-9,15,21H,10,18H2. The number of hydrogen-bond acceptors (Lipinski definition) is 4. The maximum absolute atomic E-state index is 5.77. The number of nitrogens with two attached hydrogens (primary N) is 1. The van der Waals surface area contributed by atoms with Crippen molar-refractivity contribution in [3.63, 3.8) is 0 Å². The molecule has 1 unspecified atom stereocenters. The van der Waals surface area contributed by atoms with Gasteiger partial charge in [0.25, 0.3) is 0 Å². The number of rotatable bonds is 4. The fourth-order valence-electron chi connectivity index (χ4n) is 2.41. The van der Waals surface area contributed by atoms with E-state index in [-0.39, 0.29) is 6.04 Å². The zero-order valence-corrected chi connectivity index (χ0v) is 13.5. The highest BCUT2D eigenvalue weighted by Gasteiger charge is 2.14. The van der Waals surface area contributed by atoms with Crippen LogP contribution in [0.25, 0.3) is 11.0 Å². The lowest BCUT2D eigenvalue weighted by atomic mass is 9.98. The van der Waals surface area contributed by atoms with Gasteiger partial charge in [-0.05, 0) is 58.3 Å². The van der Waals surface area contributed by atoms with Crippen LogP contribution in [0.1, 0.15) is 17.2 Å². The Bertz CT molecular complexity index is 737. The number of nitrogens with zero attached hydrogens (tertiary/aromatic N) is 2. The van der Waals surface area contributed by atoms with Gasteiger partial charge in [0, 0.05) is 16.0 Å². The first-order valence-electron chi connectivity index (χ1n) is 6.68. The Balaban J connectivity index is 1.96. The van der Waals surface area contributed by atoms with Crippen LogP contribution in [-0.4, -0.2) is 9.97 Å². The summed E-state index contributed by atoms with van der Waals surface area (Å²) in [6.07, 6.45) is 4.23. The minimum absolute atomic E-state index is 0.00506. The second kappa shape index (κ2) is 6.46. The first kappa shape index (κ1) is 14.4. The molecule has 4 nitrogen and oxygen atoms in total. The monoisotopic (exact) mass is 390 g/mol. The van der Waals surface area contributed by atoms with E-state index < -0.39 is 0 Å². The molecule has 0 radical (unpaired) electrons. The second-order valence-electron chi connectivity index (χ2n) is 4.82. The van der Waals surface area contributed by atoms with Gasteiger partial charge in [0.05, 0.1) is 17.1 Å². The lowest BCUT2D eigenvalue weighted by Crippen LogP contribution is -2.29. The number of para-hydroxylation sites is 1. The number of fused-ring (bicyclic) bond motifs is 1. The van der Waals surface area contributed by atoms with Gasteiger partial charge < -0.3 is 0 Å². The molecule has 0 saturated heterocycles. The molecule has 0 aliphatic carbocycles. The molecule has 0 aliphatic heterocycles. The van der Waals surface area contributed by atoms with Crippen LogP contribution in [0, 0.1) is 3.57 Å². The molecule has 1 heterocycles. The SMILES string of the molecule is NNC(Cc1ccc(I)cc1)c1cccc2nccnc12. The van der Waals surface area contributed by atoms with E-state index in [9.17, 15) is 0 Å². The van der Waals surface area contributed by atoms with Gasteiger partial charge in [0.1, 0.15) is 0 Å². The fraction of sp³-hybridized carbons (Fsp3) is 0.125. The number of halogens is 1. The van der Waals surface area contributed by atoms with E-state index in [1.807, 2.05) is 18.2 Å². The second-order valence-corrected chi connectivity index (χ2v) is 6.07. The van der Waals surface area contributed by atoms with E-state index in [1.54, 1.807) is 12.4 Å². The first-order valence-corrected chi connectivity index (χ1v) is 7.76. The van der Waals surface area contributed by atoms with Gasteiger partial charge in [-0.3, -0.25) is 21.2 Å². The lowest BCUT2D eigenvalue weighted by molar-refractivity contribution is 0.554. The van der Waals surface area contributed by atoms with Gasteiger partial charge in [-0.15, -0.1) is 0 Å². The third kappa shape index (κ3) is 3.20. The van der Waals surface area contributed by atoms with Crippen LogP contribution in [0.15, 0.2) is 54.9 Å². The molecular formula is C16H15IN4. The lowest BCUT2D eigenvalue weighted by Gasteiger charge is -2.17. The summed E-state index contributed by atoms with van der Waals surface area (Å²) < 4.78 is 1.23. The van der Waals surface area contributed by atoms with E-state index >= 15 is 0 Å². The quantitative estimate of drug-likeness (QED) is 0.409. The average molecular weight is 390 g/mol. The van der Waals surface area contributed by atoms with Crippen molar-refractivity contribution >= 4 is 33.6 Å². The van der Waals surface area contributed by atoms with Crippen molar-refractivity contribution < 1.29 is 0 Å². The Labute approximate surface area is 136 Å². The van der Waals surface area contributed by atoms with E-state index in [1.165, 1.54) is 9.13 Å². The van der Waals surface area contributed by atoms with E-state index in [4.69, 9.17) is 5.84 Å². The molecule has 0 bridgehead atoms. The van der Waals surface area contributed by atoms with Crippen molar-refractivity contribution in [3.8, 4) is 0 Å². The van der Waals surface area contributed by atoms with Gasteiger partial charge in [0.15, 0.2) is 0 Å². The van der Waals surface area contributed by atoms with Crippen molar-refractivity contribution in [2.24, 2.45) is 5.84 Å². The van der Waals surface area contributed by atoms with E-state index in [0.717, 1.165) is 23.0 Å². The largest absolute Gasteiger partial charge is 0.271 e. The Morgan fingerprint density at radius 1 is 1.05 bits per heavy atom. The molecule has 3 aromatic rings. The fourth-order valence-corrected chi connectivity index (χ4v) is 2.77. The van der Waals surface area contributed by atoms with Crippen molar-refractivity contribution in [2.75, 3.05) is 0 Å². The number of hydrogen-bond donors (Lipinski definition) is 2. The van der Waals surface area contributed by atoms with Crippen molar-refractivity contribution in [2.45, 2.75) is 12.5 Å². The summed E-state index contributed by atoms with van der Waals surface area (Å²) in [5, 5.41) is 0. The summed E-state index contributed by atoms with van der Waals surface area (Å²) in [7, 11) is 0. The number of hydrazine groups is 1. The average Bonchev–Trinajstić information content (AvgIpc) is 2.54. The molecule has 5 heteroatoms. The molecule has 0 amide bonds. The Morgan fingerprint density at radius 2 is 1.81 bits per heavy atom. The first-order chi connectivity index (χ1) is 10.3. The maximum atomic E-state index is 5.77. The van der Waals surface area contributed by atoms with Crippen molar-refractivity contribution in [1.29, 1.82) is 0 Å². The highest BCUT2D eigenvalue weighted by atomic mass is 127. The molecule has 3 N–H and O–H groups in total. The summed E-state index contributed by atoms with van der Waals surface area (Å²) in [6, 6.07) is 14.5. The van der Waals surface area contributed by atoms with Crippen LogP contribution < -0.4 is 11.3 Å². The van der Waals surface area contributed by atoms with Crippen molar-refractivity contribution in [1.82, 2.24) is 15.4 Å². The number of nitrogens with one attached hydrogen (secondary N) is 1. The highest BCUT2D eigenvalue weighted by molar-refractivity contribution is 14.1. The molecule has 21 heavy (non-hydrogen) atoms. The molecule has 2 aromatic carbocycles. The van der Waals surface area contributed by atoms with E-state index in [2.05, 4.69) is 62.3 Å². The molecule has 0 saturated carbocycles. The van der Waals surface area contributed by atoms with Crippen LogP contribution in [0.2, 0.25) is 0 Å². The Kier molecular flexibility index (Phi) is 4.42. The predicted molar refractivity (Wildman–Crippen MR) is 92.5 cm³/mol. The Hall–Kier alpha value is -1.57. The molecule has 3 rings (SSSR count). The number of aromatic nitrogens is 2. The molecule has 0 spiro atoms. The topological polar surface area (TPSA) is 63.8 Å². The predicted octanol–water partition coefficient (Wildman–Crippen LogP) is 2.98. The van der Waals surface area contributed by atoms with Crippen LogP contribution in [-0.2, 0) is 6.42 Å². The summed E-state index contributed by atoms with van der Waals surface area (Å²) in [5.74, 6) is 5.77. The van der Waals surface area contributed by atoms with Gasteiger partial charge >= 0.3 is 0 Å². The van der Waals surface area contributed by atoms with Gasteiger partial charge in [-0.25, -0.2) is 0 Å². The summed E-state index contributed by atoms with van der Waals surface area (Å²) >= 11 is 2.30. The smallest absolute Gasteiger partial charge is 0.0935 e.